The zero-order chi connectivity index (χ0) is 35.0. The van der Waals surface area contributed by atoms with Gasteiger partial charge in [0.15, 0.2) is 0 Å². The van der Waals surface area contributed by atoms with Gasteiger partial charge in [-0.05, 0) is 124 Å². The van der Waals surface area contributed by atoms with Gasteiger partial charge in [-0.25, -0.2) is 0 Å². The molecule has 2 nitrogen and oxygen atoms in total. The van der Waals surface area contributed by atoms with E-state index in [1.54, 1.807) is 0 Å². The van der Waals surface area contributed by atoms with E-state index in [1.165, 1.54) is 44.5 Å². The van der Waals surface area contributed by atoms with E-state index in [2.05, 4.69) is 204 Å². The first-order valence-electron chi connectivity index (χ1n) is 17.8. The summed E-state index contributed by atoms with van der Waals surface area (Å²) in [6, 6.07) is 63.1. The Labute approximate surface area is 302 Å². The molecular formula is C48H41BO2. The smallest absolute Gasteiger partial charge is 0.399 e. The third kappa shape index (κ3) is 6.71. The average Bonchev–Trinajstić information content (AvgIpc) is 3.41. The summed E-state index contributed by atoms with van der Waals surface area (Å²) in [7, 11) is -0.479. The second kappa shape index (κ2) is 13.3. The lowest BCUT2D eigenvalue weighted by atomic mass is 9.76. The molecule has 51 heavy (non-hydrogen) atoms. The summed E-state index contributed by atoms with van der Waals surface area (Å²) >= 11 is 0. The fourth-order valence-electron chi connectivity index (χ4n) is 6.85. The van der Waals surface area contributed by atoms with Gasteiger partial charge in [-0.1, -0.05) is 152 Å². The Morgan fingerprint density at radius 3 is 0.980 bits per heavy atom. The maximum absolute atomic E-state index is 6.60. The van der Waals surface area contributed by atoms with Gasteiger partial charge < -0.3 is 9.31 Å². The van der Waals surface area contributed by atoms with Gasteiger partial charge >= 0.3 is 7.12 Å². The predicted molar refractivity (Wildman–Crippen MR) is 215 cm³/mol. The Balaban J connectivity index is 1.19. The Bertz CT molecular complexity index is 2290. The van der Waals surface area contributed by atoms with Crippen molar-refractivity contribution in [2.45, 2.75) is 38.9 Å². The van der Waals surface area contributed by atoms with Crippen molar-refractivity contribution < 1.29 is 9.31 Å². The topological polar surface area (TPSA) is 18.5 Å². The lowest BCUT2D eigenvalue weighted by Gasteiger charge is -2.32. The van der Waals surface area contributed by atoms with Crippen LogP contribution >= 0.6 is 0 Å². The molecule has 0 aromatic heterocycles. The van der Waals surface area contributed by atoms with E-state index < -0.39 is 18.3 Å². The molecule has 0 saturated carbocycles. The fourth-order valence-corrected chi connectivity index (χ4v) is 6.85. The van der Waals surface area contributed by atoms with Crippen LogP contribution in [-0.2, 0) is 9.31 Å². The molecular weight excluding hydrogens is 619 g/mol. The van der Waals surface area contributed by atoms with Crippen LogP contribution in [0.25, 0.3) is 66.8 Å². The third-order valence-electron chi connectivity index (χ3n) is 10.5. The molecule has 0 unspecified atom stereocenters. The summed E-state index contributed by atoms with van der Waals surface area (Å²) in [5, 5.41) is 0. The van der Waals surface area contributed by atoms with Gasteiger partial charge in [0.25, 0.3) is 0 Å². The minimum atomic E-state index is -0.479. The van der Waals surface area contributed by atoms with E-state index >= 15 is 0 Å². The molecule has 3 heteroatoms. The van der Waals surface area contributed by atoms with E-state index in [0.717, 1.165) is 27.7 Å². The van der Waals surface area contributed by atoms with Crippen molar-refractivity contribution in [3.05, 3.63) is 176 Å². The van der Waals surface area contributed by atoms with Crippen molar-refractivity contribution in [1.82, 2.24) is 0 Å². The number of hydrogen-bond acceptors (Lipinski definition) is 2. The van der Waals surface area contributed by atoms with Crippen molar-refractivity contribution in [2.24, 2.45) is 0 Å². The highest BCUT2D eigenvalue weighted by Crippen LogP contribution is 2.38. The van der Waals surface area contributed by atoms with Crippen molar-refractivity contribution in [3.8, 4) is 66.8 Å². The van der Waals surface area contributed by atoms with Crippen LogP contribution < -0.4 is 5.46 Å². The molecule has 0 atom stereocenters. The maximum Gasteiger partial charge on any atom is 0.494 e. The molecule has 7 aromatic rings. The van der Waals surface area contributed by atoms with Gasteiger partial charge in [0, 0.05) is 0 Å². The molecule has 8 rings (SSSR count). The van der Waals surface area contributed by atoms with Crippen LogP contribution in [-0.4, -0.2) is 18.3 Å². The Morgan fingerprint density at radius 1 is 0.294 bits per heavy atom. The first-order chi connectivity index (χ1) is 24.7. The summed E-state index contributed by atoms with van der Waals surface area (Å²) in [6.07, 6.45) is 0. The standard InChI is InChI=1S/C48H41BO2/c1-47(2)48(3,4)51-49(50-47)46-32-44(42-22-12-19-39(29-42)37-26-24-36(25-27-37)34-14-7-5-8-15-34)31-45(33-46)43-23-13-21-41(30-43)40-20-11-18-38(28-40)35-16-9-6-10-17-35/h5-33H,1-4H3. The minimum Gasteiger partial charge on any atom is -0.399 e. The molecule has 1 saturated heterocycles. The highest BCUT2D eigenvalue weighted by molar-refractivity contribution is 6.62. The molecule has 0 spiro atoms. The quantitative estimate of drug-likeness (QED) is 0.158. The van der Waals surface area contributed by atoms with Gasteiger partial charge in [0.2, 0.25) is 0 Å². The summed E-state index contributed by atoms with van der Waals surface area (Å²) < 4.78 is 13.2. The normalized spacial score (nSPS) is 14.8. The minimum absolute atomic E-state index is 0.441. The van der Waals surface area contributed by atoms with Crippen molar-refractivity contribution in [1.29, 1.82) is 0 Å². The van der Waals surface area contributed by atoms with Gasteiger partial charge in [0.05, 0.1) is 11.2 Å². The third-order valence-corrected chi connectivity index (χ3v) is 10.5. The molecule has 1 heterocycles. The van der Waals surface area contributed by atoms with Gasteiger partial charge in [-0.3, -0.25) is 0 Å². The van der Waals surface area contributed by atoms with Crippen molar-refractivity contribution in [3.63, 3.8) is 0 Å². The lowest BCUT2D eigenvalue weighted by molar-refractivity contribution is 0.00578. The van der Waals surface area contributed by atoms with E-state index in [4.69, 9.17) is 9.31 Å². The molecule has 0 N–H and O–H groups in total. The van der Waals surface area contributed by atoms with Gasteiger partial charge in [-0.2, -0.15) is 0 Å². The highest BCUT2D eigenvalue weighted by atomic mass is 16.7. The monoisotopic (exact) mass is 660 g/mol. The van der Waals surface area contributed by atoms with E-state index in [-0.39, 0.29) is 0 Å². The Morgan fingerprint density at radius 2 is 0.569 bits per heavy atom. The summed E-state index contributed by atoms with van der Waals surface area (Å²) in [5.41, 5.74) is 14.2. The molecule has 0 aliphatic carbocycles. The molecule has 7 aromatic carbocycles. The molecule has 0 bridgehead atoms. The van der Waals surface area contributed by atoms with Crippen molar-refractivity contribution >= 4 is 12.6 Å². The molecule has 0 amide bonds. The first-order valence-corrected chi connectivity index (χ1v) is 17.8. The van der Waals surface area contributed by atoms with Gasteiger partial charge in [0.1, 0.15) is 0 Å². The highest BCUT2D eigenvalue weighted by Gasteiger charge is 2.51. The van der Waals surface area contributed by atoms with Crippen LogP contribution in [0.1, 0.15) is 27.7 Å². The second-order valence-corrected chi connectivity index (χ2v) is 14.5. The molecule has 0 radical (unpaired) electrons. The molecule has 1 fully saturated rings. The predicted octanol–water partition coefficient (Wildman–Crippen LogP) is 12.0. The largest absolute Gasteiger partial charge is 0.494 e. The number of benzene rings is 7. The second-order valence-electron chi connectivity index (χ2n) is 14.5. The Kier molecular flexibility index (Phi) is 8.56. The SMILES string of the molecule is CC1(C)OB(c2cc(-c3cccc(-c4ccc(-c5ccccc5)cc4)c3)cc(-c3cccc(-c4cccc(-c5ccccc5)c4)c3)c2)OC1(C)C. The molecule has 248 valence electrons. The number of hydrogen-bond donors (Lipinski definition) is 0. The van der Waals surface area contributed by atoms with E-state index in [0.29, 0.717) is 0 Å². The van der Waals surface area contributed by atoms with E-state index in [1.807, 2.05) is 0 Å². The van der Waals surface area contributed by atoms with Crippen LogP contribution in [0.3, 0.4) is 0 Å². The zero-order valence-electron chi connectivity index (χ0n) is 29.6. The van der Waals surface area contributed by atoms with Crippen LogP contribution in [0.5, 0.6) is 0 Å². The molecule has 1 aliphatic rings. The average molecular weight is 661 g/mol. The van der Waals surface area contributed by atoms with Crippen LogP contribution in [0.15, 0.2) is 176 Å². The zero-order valence-corrected chi connectivity index (χ0v) is 29.6. The van der Waals surface area contributed by atoms with Crippen LogP contribution in [0.4, 0.5) is 0 Å². The first kappa shape index (κ1) is 32.7. The van der Waals surface area contributed by atoms with E-state index in [9.17, 15) is 0 Å². The number of rotatable bonds is 7. The summed E-state index contributed by atoms with van der Waals surface area (Å²) in [5.74, 6) is 0. The maximum atomic E-state index is 6.60. The summed E-state index contributed by atoms with van der Waals surface area (Å²) in [6.45, 7) is 8.43. The fraction of sp³-hybridized carbons (Fsp3) is 0.125. The Hall–Kier alpha value is -5.48. The van der Waals surface area contributed by atoms with Crippen LogP contribution in [0.2, 0.25) is 0 Å². The van der Waals surface area contributed by atoms with Gasteiger partial charge in [-0.15, -0.1) is 0 Å². The summed E-state index contributed by atoms with van der Waals surface area (Å²) in [4.78, 5) is 0. The lowest BCUT2D eigenvalue weighted by Crippen LogP contribution is -2.41. The molecule has 1 aliphatic heterocycles. The van der Waals surface area contributed by atoms with Crippen LogP contribution in [0, 0.1) is 0 Å². The van der Waals surface area contributed by atoms with Crippen molar-refractivity contribution in [2.75, 3.05) is 0 Å².